The van der Waals surface area contributed by atoms with Crippen molar-refractivity contribution >= 4 is 23.3 Å². The number of aromatic nitrogens is 2. The maximum absolute atomic E-state index is 12.0. The van der Waals surface area contributed by atoms with Crippen molar-refractivity contribution in [2.24, 2.45) is 5.73 Å². The van der Waals surface area contributed by atoms with Crippen molar-refractivity contribution < 1.29 is 0 Å². The molecule has 17 heavy (non-hydrogen) atoms. The van der Waals surface area contributed by atoms with Crippen LogP contribution in [0.1, 0.15) is 6.42 Å². The zero-order valence-electron chi connectivity index (χ0n) is 9.18. The second-order valence-electron chi connectivity index (χ2n) is 3.57. The lowest BCUT2D eigenvalue weighted by Gasteiger charge is -2.04. The van der Waals surface area contributed by atoms with Crippen molar-refractivity contribution in [2.45, 2.75) is 13.0 Å². The summed E-state index contributed by atoms with van der Waals surface area (Å²) < 4.78 is 1.19. The molecule has 0 fully saturated rings. The van der Waals surface area contributed by atoms with Gasteiger partial charge < -0.3 is 10.7 Å². The molecule has 0 bridgehead atoms. The molecule has 0 atom stereocenters. The van der Waals surface area contributed by atoms with Gasteiger partial charge in [0.15, 0.2) is 0 Å². The Kier molecular flexibility index (Phi) is 4.48. The highest BCUT2D eigenvalue weighted by molar-refractivity contribution is 5.85. The fourth-order valence-corrected chi connectivity index (χ4v) is 1.65. The summed E-state index contributed by atoms with van der Waals surface area (Å²) >= 11 is 0. The molecule has 0 aliphatic heterocycles. The first kappa shape index (κ1) is 13.5. The number of rotatable bonds is 3. The fourth-order valence-electron chi connectivity index (χ4n) is 1.65. The number of hydrogen-bond acceptors (Lipinski definition) is 3. The number of H-pyrrole nitrogens is 1. The van der Waals surface area contributed by atoms with Gasteiger partial charge in [0.05, 0.1) is 10.9 Å². The van der Waals surface area contributed by atoms with Crippen LogP contribution in [0, 0.1) is 0 Å². The van der Waals surface area contributed by atoms with Crippen LogP contribution in [0.15, 0.2) is 33.9 Å². The van der Waals surface area contributed by atoms with E-state index in [1.807, 2.05) is 0 Å². The smallest absolute Gasteiger partial charge is 0.328 e. The Morgan fingerprint density at radius 1 is 1.24 bits per heavy atom. The molecule has 6 heteroatoms. The molecule has 0 unspecified atom stereocenters. The number of nitrogens with zero attached hydrogens (tertiary/aromatic N) is 1. The molecular weight excluding hydrogens is 242 g/mol. The van der Waals surface area contributed by atoms with E-state index in [2.05, 4.69) is 4.98 Å². The van der Waals surface area contributed by atoms with Gasteiger partial charge in [-0.2, -0.15) is 0 Å². The average Bonchev–Trinajstić information content (AvgIpc) is 2.29. The second kappa shape index (κ2) is 5.65. The van der Waals surface area contributed by atoms with Crippen molar-refractivity contribution in [1.29, 1.82) is 0 Å². The van der Waals surface area contributed by atoms with Gasteiger partial charge in [-0.05, 0) is 25.1 Å². The third-order valence-corrected chi connectivity index (χ3v) is 2.48. The number of benzene rings is 1. The lowest BCUT2D eigenvalue weighted by Crippen LogP contribution is -2.35. The zero-order chi connectivity index (χ0) is 11.5. The lowest BCUT2D eigenvalue weighted by atomic mass is 10.2. The molecule has 3 N–H and O–H groups in total. The summed E-state index contributed by atoms with van der Waals surface area (Å²) in [5, 5.41) is 0.527. The standard InChI is InChI=1S/C11H13N3O2.ClH/c12-6-3-7-14-10(15)8-4-1-2-5-9(8)13-11(14)16;/h1-2,4-5H,3,6-7,12H2,(H,13,16);1H. The van der Waals surface area contributed by atoms with Crippen LogP contribution in [0.25, 0.3) is 10.9 Å². The minimum atomic E-state index is -0.378. The monoisotopic (exact) mass is 255 g/mol. The molecule has 5 nitrogen and oxygen atoms in total. The molecule has 1 aromatic heterocycles. The van der Waals surface area contributed by atoms with Gasteiger partial charge in [0.2, 0.25) is 0 Å². The van der Waals surface area contributed by atoms with Crippen molar-refractivity contribution in [1.82, 2.24) is 9.55 Å². The van der Waals surface area contributed by atoms with E-state index < -0.39 is 0 Å². The van der Waals surface area contributed by atoms with Crippen LogP contribution in [0.2, 0.25) is 0 Å². The number of halogens is 1. The Hall–Kier alpha value is -1.59. The van der Waals surface area contributed by atoms with E-state index in [1.165, 1.54) is 4.57 Å². The van der Waals surface area contributed by atoms with Crippen LogP contribution in [-0.2, 0) is 6.54 Å². The molecule has 2 rings (SSSR count). The van der Waals surface area contributed by atoms with E-state index >= 15 is 0 Å². The fraction of sp³-hybridized carbons (Fsp3) is 0.273. The predicted octanol–water partition coefficient (Wildman–Crippen LogP) is 0.460. The molecule has 1 aromatic carbocycles. The summed E-state index contributed by atoms with van der Waals surface area (Å²) in [5.41, 5.74) is 5.30. The minimum Gasteiger partial charge on any atom is -0.330 e. The Morgan fingerprint density at radius 3 is 2.65 bits per heavy atom. The van der Waals surface area contributed by atoms with Gasteiger partial charge in [0.25, 0.3) is 5.56 Å². The third-order valence-electron chi connectivity index (χ3n) is 2.48. The van der Waals surface area contributed by atoms with Gasteiger partial charge in [-0.3, -0.25) is 9.36 Å². The Labute approximate surface area is 104 Å². The number of nitrogens with one attached hydrogen (secondary N) is 1. The largest absolute Gasteiger partial charge is 0.330 e. The average molecular weight is 256 g/mol. The van der Waals surface area contributed by atoms with Crippen molar-refractivity contribution in [3.63, 3.8) is 0 Å². The second-order valence-corrected chi connectivity index (χ2v) is 3.57. The van der Waals surface area contributed by atoms with Crippen molar-refractivity contribution in [3.05, 3.63) is 45.1 Å². The number of nitrogens with two attached hydrogens (primary N) is 1. The van der Waals surface area contributed by atoms with Gasteiger partial charge >= 0.3 is 5.69 Å². The van der Waals surface area contributed by atoms with E-state index in [0.717, 1.165) is 0 Å². The Balaban J connectivity index is 0.00000144. The van der Waals surface area contributed by atoms with E-state index in [9.17, 15) is 9.59 Å². The Morgan fingerprint density at radius 2 is 1.94 bits per heavy atom. The van der Waals surface area contributed by atoms with Gasteiger partial charge in [-0.15, -0.1) is 12.4 Å². The van der Waals surface area contributed by atoms with Crippen LogP contribution in [0.4, 0.5) is 0 Å². The number of hydrogen-bond donors (Lipinski definition) is 2. The SMILES string of the molecule is Cl.NCCCn1c(=O)[nH]c2ccccc2c1=O. The first-order valence-corrected chi connectivity index (χ1v) is 5.16. The maximum Gasteiger partial charge on any atom is 0.328 e. The molecular formula is C11H14ClN3O2. The van der Waals surface area contributed by atoms with Gasteiger partial charge in [0, 0.05) is 6.54 Å². The lowest BCUT2D eigenvalue weighted by molar-refractivity contribution is 0.603. The number of aromatic amines is 1. The first-order chi connectivity index (χ1) is 7.74. The van der Waals surface area contributed by atoms with Crippen molar-refractivity contribution in [3.8, 4) is 0 Å². The highest BCUT2D eigenvalue weighted by Crippen LogP contribution is 2.02. The number of para-hydroxylation sites is 1. The summed E-state index contributed by atoms with van der Waals surface area (Å²) in [5.74, 6) is 0. The van der Waals surface area contributed by atoms with Gasteiger partial charge in [-0.1, -0.05) is 12.1 Å². The van der Waals surface area contributed by atoms with Crippen molar-refractivity contribution in [2.75, 3.05) is 6.54 Å². The third kappa shape index (κ3) is 2.57. The van der Waals surface area contributed by atoms with Crippen LogP contribution in [0.3, 0.4) is 0 Å². The highest BCUT2D eigenvalue weighted by atomic mass is 35.5. The summed E-state index contributed by atoms with van der Waals surface area (Å²) in [6.45, 7) is 0.814. The zero-order valence-corrected chi connectivity index (χ0v) is 10.00. The number of fused-ring (bicyclic) bond motifs is 1. The molecule has 0 amide bonds. The first-order valence-electron chi connectivity index (χ1n) is 5.16. The molecule has 0 aliphatic rings. The van der Waals surface area contributed by atoms with E-state index in [4.69, 9.17) is 5.73 Å². The molecule has 0 saturated heterocycles. The predicted molar refractivity (Wildman–Crippen MR) is 69.7 cm³/mol. The Bertz CT molecular complexity index is 618. The summed E-state index contributed by atoms with van der Waals surface area (Å²) in [4.78, 5) is 26.3. The van der Waals surface area contributed by atoms with E-state index in [0.29, 0.717) is 30.4 Å². The molecule has 0 radical (unpaired) electrons. The molecule has 92 valence electrons. The van der Waals surface area contributed by atoms with Crippen LogP contribution in [0.5, 0.6) is 0 Å². The molecule has 0 spiro atoms. The van der Waals surface area contributed by atoms with E-state index in [1.54, 1.807) is 24.3 Å². The van der Waals surface area contributed by atoms with Crippen LogP contribution >= 0.6 is 12.4 Å². The normalized spacial score (nSPS) is 10.2. The summed E-state index contributed by atoms with van der Waals surface area (Å²) in [6.07, 6.45) is 0.612. The molecule has 2 aromatic rings. The van der Waals surface area contributed by atoms with Gasteiger partial charge in [-0.25, -0.2) is 4.79 Å². The summed E-state index contributed by atoms with van der Waals surface area (Å²) in [6, 6.07) is 6.97. The highest BCUT2D eigenvalue weighted by Gasteiger charge is 2.05. The van der Waals surface area contributed by atoms with Crippen LogP contribution < -0.4 is 17.0 Å². The molecule has 1 heterocycles. The van der Waals surface area contributed by atoms with Gasteiger partial charge in [0.1, 0.15) is 0 Å². The van der Waals surface area contributed by atoms with E-state index in [-0.39, 0.29) is 23.7 Å². The quantitative estimate of drug-likeness (QED) is 0.836. The minimum absolute atomic E-state index is 0. The molecule has 0 saturated carbocycles. The maximum atomic E-state index is 12.0. The van der Waals surface area contributed by atoms with Crippen LogP contribution in [-0.4, -0.2) is 16.1 Å². The summed E-state index contributed by atoms with van der Waals surface area (Å²) in [7, 11) is 0. The molecule has 0 aliphatic carbocycles. The topological polar surface area (TPSA) is 80.9 Å².